The second-order valence-electron chi connectivity index (χ2n) is 7.79. The molecule has 1 fully saturated rings. The van der Waals surface area contributed by atoms with Gasteiger partial charge in [-0.05, 0) is 42.2 Å². The van der Waals surface area contributed by atoms with E-state index < -0.39 is 0 Å². The van der Waals surface area contributed by atoms with E-state index in [0.717, 1.165) is 12.0 Å². The summed E-state index contributed by atoms with van der Waals surface area (Å²) in [6, 6.07) is 12.5. The number of benzene rings is 1. The van der Waals surface area contributed by atoms with Crippen LogP contribution in [0.1, 0.15) is 28.3 Å². The number of hydrogen-bond donors (Lipinski definition) is 0. The fourth-order valence-corrected chi connectivity index (χ4v) is 4.44. The Balaban J connectivity index is 1.50. The lowest BCUT2D eigenvalue weighted by Crippen LogP contribution is -2.29. The molecule has 0 N–H and O–H groups in total. The highest BCUT2D eigenvalue weighted by atomic mass is 35.5. The number of rotatable bonds is 7. The van der Waals surface area contributed by atoms with Crippen LogP contribution >= 0.6 is 34.8 Å². The molecule has 1 aromatic carbocycles. The maximum absolute atomic E-state index is 13.2. The van der Waals surface area contributed by atoms with E-state index in [4.69, 9.17) is 44.3 Å². The average molecular weight is 507 g/mol. The molecule has 2 aromatic heterocycles. The largest absolute Gasteiger partial charge is 0.481 e. The molecule has 0 spiro atoms. The summed E-state index contributed by atoms with van der Waals surface area (Å²) in [5, 5.41) is 1.56. The van der Waals surface area contributed by atoms with E-state index in [9.17, 15) is 4.79 Å². The van der Waals surface area contributed by atoms with Gasteiger partial charge in [0.25, 0.3) is 5.91 Å². The molecule has 1 amide bonds. The van der Waals surface area contributed by atoms with Gasteiger partial charge in [0.05, 0.1) is 34.3 Å². The van der Waals surface area contributed by atoms with Crippen LogP contribution in [0.25, 0.3) is 0 Å². The van der Waals surface area contributed by atoms with Crippen molar-refractivity contribution in [3.63, 3.8) is 0 Å². The number of aromatic nitrogens is 2. The summed E-state index contributed by atoms with van der Waals surface area (Å²) < 4.78 is 10.9. The van der Waals surface area contributed by atoms with Crippen molar-refractivity contribution >= 4 is 40.7 Å². The second kappa shape index (κ2) is 10.6. The van der Waals surface area contributed by atoms with Crippen molar-refractivity contribution in [1.29, 1.82) is 0 Å². The van der Waals surface area contributed by atoms with Crippen LogP contribution < -0.4 is 9.47 Å². The van der Waals surface area contributed by atoms with Crippen LogP contribution in [0.3, 0.4) is 0 Å². The Morgan fingerprint density at radius 2 is 1.79 bits per heavy atom. The lowest BCUT2D eigenvalue weighted by atomic mass is 9.87. The van der Waals surface area contributed by atoms with Crippen molar-refractivity contribution in [2.45, 2.75) is 12.3 Å². The topological polar surface area (TPSA) is 64.5 Å². The zero-order valence-corrected chi connectivity index (χ0v) is 20.1. The van der Waals surface area contributed by atoms with Crippen molar-refractivity contribution in [2.75, 3.05) is 26.8 Å². The monoisotopic (exact) mass is 505 g/mol. The second-order valence-corrected chi connectivity index (χ2v) is 9.04. The zero-order valence-electron chi connectivity index (χ0n) is 17.9. The summed E-state index contributed by atoms with van der Waals surface area (Å²) in [4.78, 5) is 23.3. The van der Waals surface area contributed by atoms with E-state index in [1.807, 2.05) is 17.0 Å². The third-order valence-electron chi connectivity index (χ3n) is 5.73. The van der Waals surface area contributed by atoms with Crippen LogP contribution in [0.5, 0.6) is 11.8 Å². The van der Waals surface area contributed by atoms with E-state index in [1.165, 1.54) is 6.20 Å². The normalized spacial score (nSPS) is 17.8. The molecule has 3 heterocycles. The van der Waals surface area contributed by atoms with Gasteiger partial charge in [-0.25, -0.2) is 9.97 Å². The maximum Gasteiger partial charge on any atom is 0.255 e. The van der Waals surface area contributed by atoms with Crippen molar-refractivity contribution in [3.05, 3.63) is 81.1 Å². The zero-order chi connectivity index (χ0) is 23.4. The van der Waals surface area contributed by atoms with E-state index in [2.05, 4.69) is 9.97 Å². The number of carbonyl (C=O) groups excluding carboxylic acids is 1. The van der Waals surface area contributed by atoms with Gasteiger partial charge in [0.1, 0.15) is 0 Å². The molecule has 33 heavy (non-hydrogen) atoms. The van der Waals surface area contributed by atoms with Crippen LogP contribution in [0.2, 0.25) is 15.1 Å². The molecular formula is C24H22Cl3N3O3. The average Bonchev–Trinajstić information content (AvgIpc) is 3.26. The minimum Gasteiger partial charge on any atom is -0.481 e. The quantitative estimate of drug-likeness (QED) is 0.407. The Labute approximate surface area is 207 Å². The summed E-state index contributed by atoms with van der Waals surface area (Å²) >= 11 is 18.3. The SMILES string of the molecule is COc1ccc(C(=O)N2C[C@@H](CCOc3ccc(Cl)cn3)[C@H](c3ccc(Cl)c(Cl)c3)C2)cn1. The van der Waals surface area contributed by atoms with Gasteiger partial charge in [0.2, 0.25) is 11.8 Å². The number of methoxy groups -OCH3 is 1. The smallest absolute Gasteiger partial charge is 0.255 e. The summed E-state index contributed by atoms with van der Waals surface area (Å²) in [5.41, 5.74) is 1.56. The fraction of sp³-hybridized carbons (Fsp3) is 0.292. The van der Waals surface area contributed by atoms with Crippen LogP contribution in [0.4, 0.5) is 0 Å². The van der Waals surface area contributed by atoms with Crippen LogP contribution in [0, 0.1) is 5.92 Å². The number of nitrogens with zero attached hydrogens (tertiary/aromatic N) is 3. The standard InChI is InChI=1S/C24H22Cl3N3O3/c1-32-22-6-3-16(11-28-22)24(31)30-13-17(8-9-33-23-7-4-18(25)12-29-23)19(14-30)15-2-5-20(26)21(27)10-15/h2-7,10-12,17,19H,8-9,13-14H2,1H3/t17-,19+/m1/s1. The van der Waals surface area contributed by atoms with Crippen molar-refractivity contribution in [3.8, 4) is 11.8 Å². The summed E-state index contributed by atoms with van der Waals surface area (Å²) in [6.07, 6.45) is 3.83. The first-order chi connectivity index (χ1) is 15.9. The number of pyridine rings is 2. The van der Waals surface area contributed by atoms with Crippen molar-refractivity contribution in [2.24, 2.45) is 5.92 Å². The van der Waals surface area contributed by atoms with E-state index in [-0.39, 0.29) is 17.7 Å². The molecule has 9 heteroatoms. The number of likely N-dealkylation sites (tertiary alicyclic amines) is 1. The number of amides is 1. The van der Waals surface area contributed by atoms with E-state index in [0.29, 0.717) is 52.1 Å². The molecule has 4 rings (SSSR count). The molecule has 6 nitrogen and oxygen atoms in total. The van der Waals surface area contributed by atoms with E-state index >= 15 is 0 Å². The summed E-state index contributed by atoms with van der Waals surface area (Å²) in [7, 11) is 1.54. The minimum atomic E-state index is -0.0713. The van der Waals surface area contributed by atoms with Crippen LogP contribution in [0.15, 0.2) is 54.9 Å². The molecule has 0 aliphatic carbocycles. The minimum absolute atomic E-state index is 0.0713. The Morgan fingerprint density at radius 1 is 1.00 bits per heavy atom. The first-order valence-electron chi connectivity index (χ1n) is 10.4. The van der Waals surface area contributed by atoms with Crippen LogP contribution in [-0.4, -0.2) is 47.6 Å². The molecule has 2 atom stereocenters. The molecule has 0 bridgehead atoms. The Kier molecular flexibility index (Phi) is 7.58. The predicted octanol–water partition coefficient (Wildman–Crippen LogP) is 5.77. The Bertz CT molecular complexity index is 1110. The van der Waals surface area contributed by atoms with Gasteiger partial charge < -0.3 is 14.4 Å². The number of carbonyl (C=O) groups is 1. The highest BCUT2D eigenvalue weighted by Gasteiger charge is 2.36. The Hall–Kier alpha value is -2.54. The van der Waals surface area contributed by atoms with Crippen molar-refractivity contribution < 1.29 is 14.3 Å². The first-order valence-corrected chi connectivity index (χ1v) is 11.6. The van der Waals surface area contributed by atoms with E-state index in [1.54, 1.807) is 43.6 Å². The van der Waals surface area contributed by atoms with Gasteiger partial charge in [-0.3, -0.25) is 4.79 Å². The van der Waals surface area contributed by atoms with Gasteiger partial charge in [0, 0.05) is 43.5 Å². The first kappa shape index (κ1) is 23.6. The third kappa shape index (κ3) is 5.69. The fourth-order valence-electron chi connectivity index (χ4n) is 4.02. The maximum atomic E-state index is 13.2. The molecule has 172 valence electrons. The van der Waals surface area contributed by atoms with Gasteiger partial charge in [-0.2, -0.15) is 0 Å². The summed E-state index contributed by atoms with van der Waals surface area (Å²) in [5.74, 6) is 1.17. The molecule has 1 aliphatic heterocycles. The molecule has 1 aliphatic rings. The third-order valence-corrected chi connectivity index (χ3v) is 6.69. The van der Waals surface area contributed by atoms with Gasteiger partial charge in [-0.15, -0.1) is 0 Å². The van der Waals surface area contributed by atoms with Gasteiger partial charge in [0.15, 0.2) is 0 Å². The molecule has 1 saturated heterocycles. The molecule has 0 saturated carbocycles. The van der Waals surface area contributed by atoms with Gasteiger partial charge >= 0.3 is 0 Å². The lowest BCUT2D eigenvalue weighted by Gasteiger charge is -2.19. The molecule has 3 aromatic rings. The summed E-state index contributed by atoms with van der Waals surface area (Å²) in [6.45, 7) is 1.61. The number of hydrogen-bond acceptors (Lipinski definition) is 5. The molecule has 0 unspecified atom stereocenters. The molecular weight excluding hydrogens is 485 g/mol. The van der Waals surface area contributed by atoms with Crippen molar-refractivity contribution in [1.82, 2.24) is 14.9 Å². The Morgan fingerprint density at radius 3 is 2.45 bits per heavy atom. The predicted molar refractivity (Wildman–Crippen MR) is 129 cm³/mol. The number of halogens is 3. The van der Waals surface area contributed by atoms with Gasteiger partial charge in [-0.1, -0.05) is 40.9 Å². The lowest BCUT2D eigenvalue weighted by molar-refractivity contribution is 0.0783. The molecule has 0 radical (unpaired) electrons. The van der Waals surface area contributed by atoms with Crippen LogP contribution in [-0.2, 0) is 0 Å². The highest BCUT2D eigenvalue weighted by Crippen LogP contribution is 2.38. The highest BCUT2D eigenvalue weighted by molar-refractivity contribution is 6.42. The number of ether oxygens (including phenoxy) is 2.